The predicted molar refractivity (Wildman–Crippen MR) is 92.9 cm³/mol. The van der Waals surface area contributed by atoms with Gasteiger partial charge in [0, 0.05) is 0 Å². The minimum atomic E-state index is -0.272. The van der Waals surface area contributed by atoms with Gasteiger partial charge in [-0.1, -0.05) is 42.1 Å². The van der Waals surface area contributed by atoms with E-state index in [-0.39, 0.29) is 11.2 Å². The molecule has 1 saturated heterocycles. The second-order valence-electron chi connectivity index (χ2n) is 4.82. The zero-order valence-corrected chi connectivity index (χ0v) is 13.3. The number of rotatable bonds is 4. The van der Waals surface area contributed by atoms with E-state index in [1.165, 1.54) is 11.8 Å². The minimum absolute atomic E-state index is 0.0698. The zero-order chi connectivity index (χ0) is 16.1. The average Bonchev–Trinajstić information content (AvgIpc) is 2.97. The number of ether oxygens (including phenoxy) is 1. The highest BCUT2D eigenvalue weighted by molar-refractivity contribution is 8.15. The van der Waals surface area contributed by atoms with Crippen LogP contribution in [0.5, 0.6) is 5.75 Å². The molecule has 1 fully saturated rings. The minimum Gasteiger partial charge on any atom is -0.497 e. The summed E-state index contributed by atoms with van der Waals surface area (Å²) in [7, 11) is 1.62. The van der Waals surface area contributed by atoms with Gasteiger partial charge in [-0.2, -0.15) is 5.10 Å². The Morgan fingerprint density at radius 3 is 2.57 bits per heavy atom. The Hall–Kier alpha value is -2.60. The number of nitrogens with one attached hydrogen (secondary N) is 1. The summed E-state index contributed by atoms with van der Waals surface area (Å²) in [6.07, 6.45) is 1.63. The van der Waals surface area contributed by atoms with Crippen molar-refractivity contribution in [3.8, 4) is 5.75 Å². The Bertz CT molecular complexity index is 742. The van der Waals surface area contributed by atoms with Crippen LogP contribution in [0.4, 0.5) is 0 Å². The Morgan fingerprint density at radius 2 is 1.87 bits per heavy atom. The van der Waals surface area contributed by atoms with Gasteiger partial charge in [0.1, 0.15) is 11.0 Å². The number of amidine groups is 1. The van der Waals surface area contributed by atoms with Crippen LogP contribution >= 0.6 is 11.8 Å². The van der Waals surface area contributed by atoms with Crippen molar-refractivity contribution in [2.24, 2.45) is 10.2 Å². The van der Waals surface area contributed by atoms with Crippen molar-refractivity contribution >= 4 is 29.1 Å². The second-order valence-corrected chi connectivity index (χ2v) is 5.91. The highest BCUT2D eigenvalue weighted by Gasteiger charge is 2.31. The number of nitrogens with zero attached hydrogens (tertiary/aromatic N) is 2. The first-order valence-electron chi connectivity index (χ1n) is 7.04. The van der Waals surface area contributed by atoms with Crippen molar-refractivity contribution in [2.75, 3.05) is 7.11 Å². The molecule has 1 amide bonds. The lowest BCUT2D eigenvalue weighted by Crippen LogP contribution is -2.21. The van der Waals surface area contributed by atoms with Gasteiger partial charge in [0.15, 0.2) is 5.17 Å². The van der Waals surface area contributed by atoms with E-state index in [1.54, 1.807) is 13.3 Å². The predicted octanol–water partition coefficient (Wildman–Crippen LogP) is 2.99. The smallest absolute Gasteiger partial charge is 0.244 e. The molecule has 6 heteroatoms. The molecule has 116 valence electrons. The largest absolute Gasteiger partial charge is 0.497 e. The van der Waals surface area contributed by atoms with Crippen molar-refractivity contribution in [1.29, 1.82) is 0 Å². The average molecular weight is 325 g/mol. The van der Waals surface area contributed by atoms with Crippen LogP contribution in [0, 0.1) is 0 Å². The van der Waals surface area contributed by atoms with Crippen LogP contribution in [0.3, 0.4) is 0 Å². The molecule has 23 heavy (non-hydrogen) atoms. The summed E-state index contributed by atoms with van der Waals surface area (Å²) in [5.74, 6) is 0.720. The maximum Gasteiger partial charge on any atom is 0.244 e. The summed E-state index contributed by atoms with van der Waals surface area (Å²) in [6, 6.07) is 17.1. The summed E-state index contributed by atoms with van der Waals surface area (Å²) in [5, 5.41) is 11.1. The first-order chi connectivity index (χ1) is 11.3. The van der Waals surface area contributed by atoms with Crippen LogP contribution < -0.4 is 10.1 Å². The molecule has 0 spiro atoms. The van der Waals surface area contributed by atoms with E-state index in [4.69, 9.17) is 4.74 Å². The van der Waals surface area contributed by atoms with Crippen LogP contribution in [0.2, 0.25) is 0 Å². The Balaban J connectivity index is 1.66. The molecule has 1 N–H and O–H groups in total. The van der Waals surface area contributed by atoms with Gasteiger partial charge in [0.05, 0.1) is 13.3 Å². The third kappa shape index (κ3) is 3.78. The van der Waals surface area contributed by atoms with Gasteiger partial charge in [-0.25, -0.2) is 0 Å². The van der Waals surface area contributed by atoms with Crippen molar-refractivity contribution < 1.29 is 9.53 Å². The number of methoxy groups -OCH3 is 1. The molecule has 2 aromatic carbocycles. The number of carbonyl (C=O) groups is 1. The topological polar surface area (TPSA) is 63.1 Å². The van der Waals surface area contributed by atoms with Crippen molar-refractivity contribution in [3.05, 3.63) is 65.7 Å². The molecular formula is C17H15N3O2S. The molecule has 5 nitrogen and oxygen atoms in total. The van der Waals surface area contributed by atoms with Gasteiger partial charge in [-0.05, 0) is 35.4 Å². The summed E-state index contributed by atoms with van der Waals surface area (Å²) in [4.78, 5) is 12.0. The number of carbonyl (C=O) groups excluding carboxylic acids is 1. The van der Waals surface area contributed by atoms with Gasteiger partial charge in [-0.15, -0.1) is 5.10 Å². The molecule has 0 saturated carbocycles. The Labute approximate surface area is 138 Å². The summed E-state index contributed by atoms with van der Waals surface area (Å²) < 4.78 is 5.10. The van der Waals surface area contributed by atoms with Gasteiger partial charge >= 0.3 is 0 Å². The maximum atomic E-state index is 12.0. The van der Waals surface area contributed by atoms with E-state index in [9.17, 15) is 4.79 Å². The summed E-state index contributed by atoms with van der Waals surface area (Å²) in [5.41, 5.74) is 1.86. The SMILES string of the molecule is COc1ccc(/C=N\N=C2/NC(=O)C(c3ccccc3)S2)cc1. The van der Waals surface area contributed by atoms with Crippen molar-refractivity contribution in [2.45, 2.75) is 5.25 Å². The fourth-order valence-corrected chi connectivity index (χ4v) is 3.04. The van der Waals surface area contributed by atoms with E-state index in [0.717, 1.165) is 16.9 Å². The Kier molecular flexibility index (Phi) is 4.73. The highest BCUT2D eigenvalue weighted by Crippen LogP contribution is 2.34. The van der Waals surface area contributed by atoms with Gasteiger partial charge < -0.3 is 10.1 Å². The first kappa shape index (κ1) is 15.3. The lowest BCUT2D eigenvalue weighted by molar-refractivity contribution is -0.118. The fourth-order valence-electron chi connectivity index (χ4n) is 2.10. The van der Waals surface area contributed by atoms with Gasteiger partial charge in [0.2, 0.25) is 5.91 Å². The summed E-state index contributed by atoms with van der Waals surface area (Å²) in [6.45, 7) is 0. The quantitative estimate of drug-likeness (QED) is 0.694. The van der Waals surface area contributed by atoms with Gasteiger partial charge in [-0.3, -0.25) is 4.79 Å². The number of amides is 1. The third-order valence-corrected chi connectivity index (χ3v) is 4.40. The molecule has 1 heterocycles. The lowest BCUT2D eigenvalue weighted by Gasteiger charge is -2.03. The molecule has 1 aliphatic heterocycles. The molecule has 0 bridgehead atoms. The highest BCUT2D eigenvalue weighted by atomic mass is 32.2. The van der Waals surface area contributed by atoms with Crippen LogP contribution in [-0.4, -0.2) is 24.4 Å². The molecule has 0 aliphatic carbocycles. The maximum absolute atomic E-state index is 12.0. The van der Waals surface area contributed by atoms with Crippen molar-refractivity contribution in [3.63, 3.8) is 0 Å². The monoisotopic (exact) mass is 325 g/mol. The Morgan fingerprint density at radius 1 is 1.13 bits per heavy atom. The molecule has 3 rings (SSSR count). The first-order valence-corrected chi connectivity index (χ1v) is 7.92. The van der Waals surface area contributed by atoms with Crippen LogP contribution in [-0.2, 0) is 4.79 Å². The van der Waals surface area contributed by atoms with Crippen LogP contribution in [0.15, 0.2) is 64.8 Å². The van der Waals surface area contributed by atoms with E-state index in [2.05, 4.69) is 15.5 Å². The molecule has 0 aromatic heterocycles. The number of thioether (sulfide) groups is 1. The zero-order valence-electron chi connectivity index (χ0n) is 12.5. The standard InChI is InChI=1S/C17H15N3O2S/c1-22-14-9-7-12(8-10-14)11-18-20-17-19-16(21)15(23-17)13-5-3-2-4-6-13/h2-11,15H,1H3,(H,19,20,21)/b18-11-. The molecule has 0 radical (unpaired) electrons. The van der Waals surface area contributed by atoms with Crippen LogP contribution in [0.25, 0.3) is 0 Å². The lowest BCUT2D eigenvalue weighted by atomic mass is 10.1. The second kappa shape index (κ2) is 7.11. The van der Waals surface area contributed by atoms with Crippen LogP contribution in [0.1, 0.15) is 16.4 Å². The number of benzene rings is 2. The number of hydrogen-bond donors (Lipinski definition) is 1. The normalized spacial score (nSPS) is 19.3. The van der Waals surface area contributed by atoms with E-state index in [1.807, 2.05) is 54.6 Å². The molecular weight excluding hydrogens is 310 g/mol. The molecule has 1 unspecified atom stereocenters. The van der Waals surface area contributed by atoms with E-state index < -0.39 is 0 Å². The summed E-state index contributed by atoms with van der Waals surface area (Å²) >= 11 is 1.37. The van der Waals surface area contributed by atoms with Gasteiger partial charge in [0.25, 0.3) is 0 Å². The molecule has 1 aliphatic rings. The fraction of sp³-hybridized carbons (Fsp3) is 0.118. The van der Waals surface area contributed by atoms with E-state index in [0.29, 0.717) is 5.17 Å². The molecule has 2 aromatic rings. The van der Waals surface area contributed by atoms with E-state index >= 15 is 0 Å². The molecule has 1 atom stereocenters. The van der Waals surface area contributed by atoms with Crippen molar-refractivity contribution in [1.82, 2.24) is 5.32 Å². The number of hydrogen-bond acceptors (Lipinski definition) is 5. The third-order valence-electron chi connectivity index (χ3n) is 3.27.